The van der Waals surface area contributed by atoms with Crippen LogP contribution in [-0.4, -0.2) is 11.7 Å². The molecule has 3 nitrogen and oxygen atoms in total. The van der Waals surface area contributed by atoms with Crippen molar-refractivity contribution in [2.45, 2.75) is 33.3 Å². The summed E-state index contributed by atoms with van der Waals surface area (Å²) in [5, 5.41) is 2.69. The van der Waals surface area contributed by atoms with Gasteiger partial charge in [-0.25, -0.2) is 4.79 Å². The predicted molar refractivity (Wildman–Crippen MR) is 71.0 cm³/mol. The highest BCUT2D eigenvalue weighted by Crippen LogP contribution is 2.17. The molecule has 1 N–H and O–H groups in total. The molecule has 0 fully saturated rings. The molecule has 0 bridgehead atoms. The SMILES string of the molecule is C=C(C)c1cccc(NC(=O)OC(C)(C)C)c1. The molecule has 1 aromatic carbocycles. The average Bonchev–Trinajstić information content (AvgIpc) is 2.14. The van der Waals surface area contributed by atoms with Crippen LogP contribution in [0.5, 0.6) is 0 Å². The number of nitrogens with one attached hydrogen (secondary N) is 1. The molecule has 0 saturated carbocycles. The van der Waals surface area contributed by atoms with Gasteiger partial charge >= 0.3 is 6.09 Å². The molecule has 0 unspecified atom stereocenters. The van der Waals surface area contributed by atoms with Gasteiger partial charge in [0.25, 0.3) is 0 Å². The third-order valence-corrected chi connectivity index (χ3v) is 2.00. The summed E-state index contributed by atoms with van der Waals surface area (Å²) < 4.78 is 5.17. The van der Waals surface area contributed by atoms with E-state index < -0.39 is 11.7 Å². The fourth-order valence-electron chi connectivity index (χ4n) is 1.28. The Labute approximate surface area is 102 Å². The molecule has 0 heterocycles. The number of ether oxygens (including phenoxy) is 1. The first-order valence-corrected chi connectivity index (χ1v) is 5.54. The number of hydrogen-bond acceptors (Lipinski definition) is 2. The molecular formula is C14H19NO2. The number of hydrogen-bond donors (Lipinski definition) is 1. The normalized spacial score (nSPS) is 10.8. The average molecular weight is 233 g/mol. The number of rotatable bonds is 2. The topological polar surface area (TPSA) is 38.3 Å². The van der Waals surface area contributed by atoms with Crippen molar-refractivity contribution >= 4 is 17.4 Å². The minimum atomic E-state index is -0.490. The van der Waals surface area contributed by atoms with Crippen LogP contribution >= 0.6 is 0 Å². The van der Waals surface area contributed by atoms with E-state index in [9.17, 15) is 4.79 Å². The Kier molecular flexibility index (Phi) is 3.94. The lowest BCUT2D eigenvalue weighted by molar-refractivity contribution is 0.0636. The molecule has 0 aliphatic carbocycles. The van der Waals surface area contributed by atoms with Gasteiger partial charge in [-0.1, -0.05) is 24.3 Å². The second-order valence-electron chi connectivity index (χ2n) is 4.99. The maximum atomic E-state index is 11.6. The van der Waals surface area contributed by atoms with Gasteiger partial charge in [-0.15, -0.1) is 0 Å². The Bertz CT molecular complexity index is 430. The summed E-state index contributed by atoms with van der Waals surface area (Å²) in [7, 11) is 0. The predicted octanol–water partition coefficient (Wildman–Crippen LogP) is 4.07. The van der Waals surface area contributed by atoms with Crippen molar-refractivity contribution in [3.8, 4) is 0 Å². The van der Waals surface area contributed by atoms with Crippen molar-refractivity contribution in [3.05, 3.63) is 36.4 Å². The summed E-state index contributed by atoms with van der Waals surface area (Å²) in [6, 6.07) is 7.50. The first-order chi connectivity index (χ1) is 7.78. The Morgan fingerprint density at radius 1 is 1.35 bits per heavy atom. The van der Waals surface area contributed by atoms with Gasteiger partial charge in [0.05, 0.1) is 0 Å². The van der Waals surface area contributed by atoms with Crippen LogP contribution in [0, 0.1) is 0 Å². The molecule has 0 aliphatic rings. The van der Waals surface area contributed by atoms with Gasteiger partial charge in [-0.05, 0) is 45.4 Å². The Balaban J connectivity index is 2.72. The van der Waals surface area contributed by atoms with E-state index in [1.54, 1.807) is 0 Å². The Morgan fingerprint density at radius 2 is 2.00 bits per heavy atom. The van der Waals surface area contributed by atoms with Crippen molar-refractivity contribution in [3.63, 3.8) is 0 Å². The van der Waals surface area contributed by atoms with E-state index in [0.717, 1.165) is 11.1 Å². The summed E-state index contributed by atoms with van der Waals surface area (Å²) in [5.74, 6) is 0. The van der Waals surface area contributed by atoms with E-state index >= 15 is 0 Å². The van der Waals surface area contributed by atoms with Crippen LogP contribution in [0.3, 0.4) is 0 Å². The van der Waals surface area contributed by atoms with E-state index in [1.807, 2.05) is 52.0 Å². The zero-order valence-corrected chi connectivity index (χ0v) is 10.8. The summed E-state index contributed by atoms with van der Waals surface area (Å²) in [6.07, 6.45) is -0.448. The van der Waals surface area contributed by atoms with Crippen molar-refractivity contribution < 1.29 is 9.53 Å². The number of amides is 1. The van der Waals surface area contributed by atoms with Gasteiger partial charge in [0.1, 0.15) is 5.60 Å². The van der Waals surface area contributed by atoms with E-state index in [-0.39, 0.29) is 0 Å². The lowest BCUT2D eigenvalue weighted by atomic mass is 10.1. The van der Waals surface area contributed by atoms with E-state index in [4.69, 9.17) is 4.74 Å². The van der Waals surface area contributed by atoms with Gasteiger partial charge in [-0.2, -0.15) is 0 Å². The van der Waals surface area contributed by atoms with Crippen LogP contribution in [0.25, 0.3) is 5.57 Å². The minimum Gasteiger partial charge on any atom is -0.444 e. The first kappa shape index (κ1) is 13.3. The van der Waals surface area contributed by atoms with Gasteiger partial charge in [0, 0.05) is 5.69 Å². The highest BCUT2D eigenvalue weighted by molar-refractivity contribution is 5.85. The first-order valence-electron chi connectivity index (χ1n) is 5.54. The highest BCUT2D eigenvalue weighted by atomic mass is 16.6. The molecular weight excluding hydrogens is 214 g/mol. The van der Waals surface area contributed by atoms with Crippen LogP contribution < -0.4 is 5.32 Å². The molecule has 0 radical (unpaired) electrons. The van der Waals surface area contributed by atoms with Crippen LogP contribution in [-0.2, 0) is 4.74 Å². The maximum Gasteiger partial charge on any atom is 0.412 e. The second-order valence-corrected chi connectivity index (χ2v) is 4.99. The van der Waals surface area contributed by atoms with Crippen molar-refractivity contribution in [1.82, 2.24) is 0 Å². The lowest BCUT2D eigenvalue weighted by Gasteiger charge is -2.19. The smallest absolute Gasteiger partial charge is 0.412 e. The molecule has 1 amide bonds. The second kappa shape index (κ2) is 5.04. The monoisotopic (exact) mass is 233 g/mol. The molecule has 17 heavy (non-hydrogen) atoms. The molecule has 92 valence electrons. The fourth-order valence-corrected chi connectivity index (χ4v) is 1.28. The zero-order valence-electron chi connectivity index (χ0n) is 10.8. The van der Waals surface area contributed by atoms with Gasteiger partial charge < -0.3 is 4.74 Å². The molecule has 3 heteroatoms. The van der Waals surface area contributed by atoms with Gasteiger partial charge in [0.2, 0.25) is 0 Å². The highest BCUT2D eigenvalue weighted by Gasteiger charge is 2.16. The number of carbonyl (C=O) groups excluding carboxylic acids is 1. The third-order valence-electron chi connectivity index (χ3n) is 2.00. The van der Waals surface area contributed by atoms with E-state index in [0.29, 0.717) is 5.69 Å². The van der Waals surface area contributed by atoms with Crippen molar-refractivity contribution in [1.29, 1.82) is 0 Å². The summed E-state index contributed by atoms with van der Waals surface area (Å²) in [5.41, 5.74) is 2.17. The molecule has 0 atom stereocenters. The van der Waals surface area contributed by atoms with Gasteiger partial charge in [0.15, 0.2) is 0 Å². The van der Waals surface area contributed by atoms with E-state index in [1.165, 1.54) is 0 Å². The quantitative estimate of drug-likeness (QED) is 0.836. The molecule has 1 rings (SSSR count). The summed E-state index contributed by atoms with van der Waals surface area (Å²) >= 11 is 0. The minimum absolute atomic E-state index is 0.448. The standard InChI is InChI=1S/C14H19NO2/c1-10(2)11-7-6-8-12(9-11)15-13(16)17-14(3,4)5/h6-9H,1H2,2-5H3,(H,15,16). The summed E-state index contributed by atoms with van der Waals surface area (Å²) in [6.45, 7) is 11.3. The summed E-state index contributed by atoms with van der Waals surface area (Å²) in [4.78, 5) is 11.6. The molecule has 0 saturated heterocycles. The van der Waals surface area contributed by atoms with Crippen molar-refractivity contribution in [2.24, 2.45) is 0 Å². The fraction of sp³-hybridized carbons (Fsp3) is 0.357. The molecule has 0 aliphatic heterocycles. The van der Waals surface area contributed by atoms with E-state index in [2.05, 4.69) is 11.9 Å². The number of anilines is 1. The lowest BCUT2D eigenvalue weighted by Crippen LogP contribution is -2.27. The van der Waals surface area contributed by atoms with Crippen LogP contribution in [0.1, 0.15) is 33.3 Å². The molecule has 0 aromatic heterocycles. The Hall–Kier alpha value is -1.77. The zero-order chi connectivity index (χ0) is 13.1. The van der Waals surface area contributed by atoms with Crippen LogP contribution in [0.4, 0.5) is 10.5 Å². The largest absolute Gasteiger partial charge is 0.444 e. The Morgan fingerprint density at radius 3 is 2.53 bits per heavy atom. The van der Waals surface area contributed by atoms with Gasteiger partial charge in [-0.3, -0.25) is 5.32 Å². The number of benzene rings is 1. The molecule has 0 spiro atoms. The number of allylic oxidation sites excluding steroid dienone is 1. The maximum absolute atomic E-state index is 11.6. The third kappa shape index (κ3) is 4.72. The van der Waals surface area contributed by atoms with Crippen LogP contribution in [0.2, 0.25) is 0 Å². The van der Waals surface area contributed by atoms with Crippen LogP contribution in [0.15, 0.2) is 30.8 Å². The van der Waals surface area contributed by atoms with Crippen molar-refractivity contribution in [2.75, 3.05) is 5.32 Å². The molecule has 1 aromatic rings. The number of carbonyl (C=O) groups is 1.